The van der Waals surface area contributed by atoms with E-state index in [1.165, 1.54) is 6.07 Å². The molecule has 2 unspecified atom stereocenters. The SMILES string of the molecule is CN1CCN(C)C(C(Cc2ccc(F)c(F)c2)NN)C1. The Kier molecular flexibility index (Phi) is 5.04. The van der Waals surface area contributed by atoms with Crippen LogP contribution in [0.2, 0.25) is 0 Å². The third kappa shape index (κ3) is 3.52. The standard InChI is InChI=1S/C14H22F2N4/c1-19-5-6-20(2)14(9-19)13(18-17)8-10-3-4-11(15)12(16)7-10/h3-4,7,13-14,18H,5-6,8-9,17H2,1-2H3. The minimum atomic E-state index is -0.819. The minimum absolute atomic E-state index is 0.00684. The number of nitrogens with zero attached hydrogens (tertiary/aromatic N) is 2. The molecule has 1 aliphatic heterocycles. The summed E-state index contributed by atoms with van der Waals surface area (Å²) in [5, 5.41) is 0. The van der Waals surface area contributed by atoms with E-state index in [1.54, 1.807) is 6.07 Å². The first kappa shape index (κ1) is 15.3. The number of nitrogens with two attached hydrogens (primary N) is 1. The van der Waals surface area contributed by atoms with Crippen molar-refractivity contribution in [3.05, 3.63) is 35.4 Å². The maximum absolute atomic E-state index is 13.3. The molecule has 1 fully saturated rings. The summed E-state index contributed by atoms with van der Waals surface area (Å²) in [7, 11) is 4.14. The summed E-state index contributed by atoms with van der Waals surface area (Å²) < 4.78 is 26.2. The number of hydrogen-bond acceptors (Lipinski definition) is 4. The fourth-order valence-electron chi connectivity index (χ4n) is 2.71. The first-order chi connectivity index (χ1) is 9.51. The highest BCUT2D eigenvalue weighted by Gasteiger charge is 2.29. The van der Waals surface area contributed by atoms with Gasteiger partial charge in [0.05, 0.1) is 0 Å². The Morgan fingerprint density at radius 3 is 2.70 bits per heavy atom. The maximum Gasteiger partial charge on any atom is 0.159 e. The van der Waals surface area contributed by atoms with E-state index in [0.717, 1.165) is 31.3 Å². The van der Waals surface area contributed by atoms with E-state index in [9.17, 15) is 8.78 Å². The summed E-state index contributed by atoms with van der Waals surface area (Å²) in [5.74, 6) is 4.03. The van der Waals surface area contributed by atoms with Gasteiger partial charge >= 0.3 is 0 Å². The topological polar surface area (TPSA) is 44.5 Å². The molecule has 1 aromatic carbocycles. The number of nitrogens with one attached hydrogen (secondary N) is 1. The van der Waals surface area contributed by atoms with Gasteiger partial charge in [-0.1, -0.05) is 6.07 Å². The highest BCUT2D eigenvalue weighted by molar-refractivity contribution is 5.19. The van der Waals surface area contributed by atoms with Crippen molar-refractivity contribution in [3.63, 3.8) is 0 Å². The first-order valence-electron chi connectivity index (χ1n) is 6.80. The van der Waals surface area contributed by atoms with Gasteiger partial charge in [0.15, 0.2) is 11.6 Å². The molecule has 4 nitrogen and oxygen atoms in total. The molecular weight excluding hydrogens is 262 g/mol. The molecule has 0 radical (unpaired) electrons. The Morgan fingerprint density at radius 1 is 1.30 bits per heavy atom. The van der Waals surface area contributed by atoms with Crippen LogP contribution in [0.25, 0.3) is 0 Å². The molecule has 0 aliphatic carbocycles. The van der Waals surface area contributed by atoms with Gasteiger partial charge in [-0.05, 0) is 38.2 Å². The molecule has 1 heterocycles. The van der Waals surface area contributed by atoms with E-state index < -0.39 is 11.6 Å². The second kappa shape index (κ2) is 6.58. The van der Waals surface area contributed by atoms with Crippen LogP contribution in [0.4, 0.5) is 8.78 Å². The number of likely N-dealkylation sites (N-methyl/N-ethyl adjacent to an activating group) is 2. The number of hydrogen-bond donors (Lipinski definition) is 2. The van der Waals surface area contributed by atoms with Crippen LogP contribution in [0.1, 0.15) is 5.56 Å². The lowest BCUT2D eigenvalue weighted by molar-refractivity contribution is 0.0876. The predicted molar refractivity (Wildman–Crippen MR) is 75.1 cm³/mol. The lowest BCUT2D eigenvalue weighted by Gasteiger charge is -2.41. The average molecular weight is 284 g/mol. The molecule has 1 saturated heterocycles. The van der Waals surface area contributed by atoms with Crippen LogP contribution >= 0.6 is 0 Å². The fraction of sp³-hybridized carbons (Fsp3) is 0.571. The molecule has 0 bridgehead atoms. The maximum atomic E-state index is 13.3. The van der Waals surface area contributed by atoms with Crippen LogP contribution < -0.4 is 11.3 Å². The number of rotatable bonds is 4. The molecule has 3 N–H and O–H groups in total. The fourth-order valence-corrected chi connectivity index (χ4v) is 2.71. The van der Waals surface area contributed by atoms with E-state index in [1.807, 2.05) is 0 Å². The van der Waals surface area contributed by atoms with Gasteiger partial charge in [0.1, 0.15) is 0 Å². The van der Waals surface area contributed by atoms with Crippen molar-refractivity contribution >= 4 is 0 Å². The monoisotopic (exact) mass is 284 g/mol. The van der Waals surface area contributed by atoms with Crippen molar-refractivity contribution in [1.29, 1.82) is 0 Å². The van der Waals surface area contributed by atoms with Gasteiger partial charge in [-0.25, -0.2) is 8.78 Å². The number of benzene rings is 1. The van der Waals surface area contributed by atoms with Gasteiger partial charge in [0.25, 0.3) is 0 Å². The molecule has 6 heteroatoms. The highest BCUT2D eigenvalue weighted by Crippen LogP contribution is 2.16. The quantitative estimate of drug-likeness (QED) is 0.627. The molecule has 1 aliphatic rings. The molecule has 0 aromatic heterocycles. The lowest BCUT2D eigenvalue weighted by atomic mass is 9.97. The summed E-state index contributed by atoms with van der Waals surface area (Å²) in [6, 6.07) is 4.25. The Labute approximate surface area is 118 Å². The number of piperazine rings is 1. The summed E-state index contributed by atoms with van der Waals surface area (Å²) in [4.78, 5) is 4.50. The van der Waals surface area contributed by atoms with Crippen molar-refractivity contribution < 1.29 is 8.78 Å². The zero-order valence-electron chi connectivity index (χ0n) is 11.9. The first-order valence-corrected chi connectivity index (χ1v) is 6.80. The summed E-state index contributed by atoms with van der Waals surface area (Å²) >= 11 is 0. The zero-order chi connectivity index (χ0) is 14.7. The van der Waals surface area contributed by atoms with Crippen LogP contribution in [0.3, 0.4) is 0 Å². The molecule has 0 saturated carbocycles. The third-order valence-electron chi connectivity index (χ3n) is 4.02. The van der Waals surface area contributed by atoms with E-state index >= 15 is 0 Å². The van der Waals surface area contributed by atoms with E-state index in [4.69, 9.17) is 5.84 Å². The molecule has 1 aromatic rings. The summed E-state index contributed by atoms with van der Waals surface area (Å²) in [6.07, 6.45) is 0.566. The average Bonchev–Trinajstić information content (AvgIpc) is 2.43. The normalized spacial score (nSPS) is 22.9. The van der Waals surface area contributed by atoms with Crippen molar-refractivity contribution in [2.45, 2.75) is 18.5 Å². The van der Waals surface area contributed by atoms with Crippen molar-refractivity contribution in [1.82, 2.24) is 15.2 Å². The Bertz CT molecular complexity index is 455. The van der Waals surface area contributed by atoms with Crippen molar-refractivity contribution in [2.24, 2.45) is 5.84 Å². The van der Waals surface area contributed by atoms with E-state index in [2.05, 4.69) is 29.3 Å². The van der Waals surface area contributed by atoms with Crippen LogP contribution in [0.5, 0.6) is 0 Å². The van der Waals surface area contributed by atoms with Gasteiger partial charge in [0, 0.05) is 31.7 Å². The van der Waals surface area contributed by atoms with E-state index in [-0.39, 0.29) is 12.1 Å². The Morgan fingerprint density at radius 2 is 2.05 bits per heavy atom. The smallest absolute Gasteiger partial charge is 0.159 e. The summed E-state index contributed by atoms with van der Waals surface area (Å²) in [5.41, 5.74) is 3.56. The van der Waals surface area contributed by atoms with Crippen molar-refractivity contribution in [2.75, 3.05) is 33.7 Å². The molecule has 112 valence electrons. The van der Waals surface area contributed by atoms with Crippen molar-refractivity contribution in [3.8, 4) is 0 Å². The van der Waals surface area contributed by atoms with Crippen LogP contribution in [0, 0.1) is 11.6 Å². The molecule has 0 amide bonds. The van der Waals surface area contributed by atoms with Crippen LogP contribution in [-0.4, -0.2) is 55.6 Å². The van der Waals surface area contributed by atoms with Gasteiger partial charge in [-0.3, -0.25) is 16.2 Å². The lowest BCUT2D eigenvalue weighted by Crippen LogP contribution is -2.60. The van der Waals surface area contributed by atoms with Crippen LogP contribution in [-0.2, 0) is 6.42 Å². The van der Waals surface area contributed by atoms with Gasteiger partial charge in [-0.2, -0.15) is 0 Å². The van der Waals surface area contributed by atoms with Crippen LogP contribution in [0.15, 0.2) is 18.2 Å². The third-order valence-corrected chi connectivity index (χ3v) is 4.02. The van der Waals surface area contributed by atoms with Gasteiger partial charge < -0.3 is 4.90 Å². The number of halogens is 2. The van der Waals surface area contributed by atoms with Gasteiger partial charge in [-0.15, -0.1) is 0 Å². The molecule has 0 spiro atoms. The van der Waals surface area contributed by atoms with E-state index in [0.29, 0.717) is 6.42 Å². The second-order valence-electron chi connectivity index (χ2n) is 5.54. The Hall–Kier alpha value is -1.08. The van der Waals surface area contributed by atoms with Gasteiger partial charge in [0.2, 0.25) is 0 Å². The largest absolute Gasteiger partial charge is 0.303 e. The molecule has 2 rings (SSSR count). The number of hydrazine groups is 1. The second-order valence-corrected chi connectivity index (χ2v) is 5.54. The zero-order valence-corrected chi connectivity index (χ0v) is 11.9. The minimum Gasteiger partial charge on any atom is -0.303 e. The summed E-state index contributed by atoms with van der Waals surface area (Å²) in [6.45, 7) is 2.89. The highest BCUT2D eigenvalue weighted by atomic mass is 19.2. The predicted octanol–water partition coefficient (Wildman–Crippen LogP) is 0.585. The molecule has 20 heavy (non-hydrogen) atoms. The Balaban J connectivity index is 2.09. The molecular formula is C14H22F2N4. The molecule has 2 atom stereocenters.